The Balaban J connectivity index is 2.51. The van der Waals surface area contributed by atoms with E-state index in [2.05, 4.69) is 36.1 Å². The molecule has 0 aromatic carbocycles. The second-order valence-corrected chi connectivity index (χ2v) is 6.32. The minimum absolute atomic E-state index is 0.154. The lowest BCUT2D eigenvalue weighted by Crippen LogP contribution is -2.50. The van der Waals surface area contributed by atoms with Crippen LogP contribution in [0.25, 0.3) is 0 Å². The van der Waals surface area contributed by atoms with Crippen LogP contribution in [0.2, 0.25) is 0 Å². The normalized spacial score (nSPS) is 26.8. The largest absolute Gasteiger partial charge is 0.465 e. The Kier molecular flexibility index (Phi) is 6.43. The third-order valence-corrected chi connectivity index (χ3v) is 4.52. The maximum atomic E-state index is 12.0. The van der Waals surface area contributed by atoms with E-state index < -0.39 is 5.54 Å². The van der Waals surface area contributed by atoms with Gasteiger partial charge in [0.15, 0.2) is 0 Å². The number of rotatable bonds is 7. The van der Waals surface area contributed by atoms with Gasteiger partial charge in [0.25, 0.3) is 0 Å². The van der Waals surface area contributed by atoms with Crippen LogP contribution in [0.1, 0.15) is 27.2 Å². The summed E-state index contributed by atoms with van der Waals surface area (Å²) in [5.41, 5.74) is -0.588. The van der Waals surface area contributed by atoms with Crippen LogP contribution >= 0.6 is 0 Å². The van der Waals surface area contributed by atoms with Crippen LogP contribution in [0.4, 0.5) is 0 Å². The highest BCUT2D eigenvalue weighted by Gasteiger charge is 2.36. The molecule has 3 unspecified atom stereocenters. The maximum absolute atomic E-state index is 12.0. The summed E-state index contributed by atoms with van der Waals surface area (Å²) >= 11 is 0. The molecule has 5 nitrogen and oxygen atoms in total. The van der Waals surface area contributed by atoms with Gasteiger partial charge in [-0.3, -0.25) is 4.79 Å². The molecular formula is C15H31N3O2. The van der Waals surface area contributed by atoms with Crippen molar-refractivity contribution in [2.75, 3.05) is 47.4 Å². The number of esters is 1. The van der Waals surface area contributed by atoms with Crippen molar-refractivity contribution in [1.29, 1.82) is 0 Å². The fourth-order valence-electron chi connectivity index (χ4n) is 2.90. The molecule has 118 valence electrons. The van der Waals surface area contributed by atoms with Crippen molar-refractivity contribution in [2.45, 2.75) is 38.8 Å². The van der Waals surface area contributed by atoms with E-state index in [4.69, 9.17) is 4.74 Å². The van der Waals surface area contributed by atoms with E-state index in [1.54, 1.807) is 0 Å². The molecule has 0 bridgehead atoms. The number of ether oxygens (including phenoxy) is 1. The SMILES string of the molecule is CCOC(=O)C(C)(CCN1CC(C)C(N(C)C)C1)NC. The summed E-state index contributed by atoms with van der Waals surface area (Å²) in [5, 5.41) is 3.12. The monoisotopic (exact) mass is 285 g/mol. The molecule has 0 aliphatic carbocycles. The highest BCUT2D eigenvalue weighted by molar-refractivity contribution is 5.80. The van der Waals surface area contributed by atoms with Gasteiger partial charge in [-0.2, -0.15) is 0 Å². The summed E-state index contributed by atoms with van der Waals surface area (Å²) in [4.78, 5) is 16.8. The van der Waals surface area contributed by atoms with Gasteiger partial charge in [0.1, 0.15) is 5.54 Å². The second-order valence-electron chi connectivity index (χ2n) is 6.32. The molecule has 1 rings (SSSR count). The smallest absolute Gasteiger partial charge is 0.326 e. The van der Waals surface area contributed by atoms with Crippen molar-refractivity contribution in [3.05, 3.63) is 0 Å². The zero-order chi connectivity index (χ0) is 15.3. The Morgan fingerprint density at radius 1 is 1.45 bits per heavy atom. The van der Waals surface area contributed by atoms with Gasteiger partial charge < -0.3 is 19.9 Å². The summed E-state index contributed by atoms with van der Waals surface area (Å²) in [6, 6.07) is 0.610. The lowest BCUT2D eigenvalue weighted by molar-refractivity contribution is -0.150. The molecule has 1 aliphatic heterocycles. The molecule has 5 heteroatoms. The summed E-state index contributed by atoms with van der Waals surface area (Å²) in [6.07, 6.45) is 0.773. The van der Waals surface area contributed by atoms with Gasteiger partial charge in [-0.05, 0) is 47.3 Å². The Morgan fingerprint density at radius 3 is 2.55 bits per heavy atom. The Bertz CT molecular complexity index is 322. The number of nitrogens with one attached hydrogen (secondary N) is 1. The quantitative estimate of drug-likeness (QED) is 0.701. The molecule has 0 saturated carbocycles. The first-order chi connectivity index (χ1) is 9.34. The zero-order valence-electron chi connectivity index (χ0n) is 13.9. The number of hydrogen-bond acceptors (Lipinski definition) is 5. The molecule has 20 heavy (non-hydrogen) atoms. The molecule has 0 spiro atoms. The molecule has 0 radical (unpaired) electrons. The van der Waals surface area contributed by atoms with Crippen LogP contribution in [0.3, 0.4) is 0 Å². The van der Waals surface area contributed by atoms with E-state index in [0.717, 1.165) is 26.1 Å². The molecule has 1 N–H and O–H groups in total. The van der Waals surface area contributed by atoms with Gasteiger partial charge in [0.05, 0.1) is 6.61 Å². The summed E-state index contributed by atoms with van der Waals surface area (Å²) < 4.78 is 5.17. The second kappa shape index (κ2) is 7.38. The minimum atomic E-state index is -0.588. The van der Waals surface area contributed by atoms with Crippen molar-refractivity contribution in [3.63, 3.8) is 0 Å². The number of hydrogen-bond donors (Lipinski definition) is 1. The van der Waals surface area contributed by atoms with E-state index in [1.165, 1.54) is 0 Å². The number of nitrogens with zero attached hydrogens (tertiary/aromatic N) is 2. The van der Waals surface area contributed by atoms with Crippen LogP contribution in [0.5, 0.6) is 0 Å². The van der Waals surface area contributed by atoms with E-state index >= 15 is 0 Å². The molecular weight excluding hydrogens is 254 g/mol. The minimum Gasteiger partial charge on any atom is -0.465 e. The lowest BCUT2D eigenvalue weighted by Gasteiger charge is -2.29. The topological polar surface area (TPSA) is 44.8 Å². The Morgan fingerprint density at radius 2 is 2.10 bits per heavy atom. The molecule has 1 aliphatic rings. The molecule has 0 aromatic heterocycles. The fourth-order valence-corrected chi connectivity index (χ4v) is 2.90. The van der Waals surface area contributed by atoms with E-state index in [-0.39, 0.29) is 5.97 Å². The predicted octanol–water partition coefficient (Wildman–Crippen LogP) is 0.800. The average Bonchev–Trinajstić information content (AvgIpc) is 2.77. The van der Waals surface area contributed by atoms with Gasteiger partial charge in [0.2, 0.25) is 0 Å². The average molecular weight is 285 g/mol. The molecule has 1 fully saturated rings. The highest BCUT2D eigenvalue weighted by Crippen LogP contribution is 2.22. The van der Waals surface area contributed by atoms with E-state index in [9.17, 15) is 4.79 Å². The van der Waals surface area contributed by atoms with Crippen molar-refractivity contribution in [3.8, 4) is 0 Å². The standard InChI is InChI=1S/C15H31N3O2/c1-7-20-14(19)15(3,16-4)8-9-18-10-12(2)13(11-18)17(5)6/h12-13,16H,7-11H2,1-6H3. The van der Waals surface area contributed by atoms with E-state index in [1.807, 2.05) is 20.9 Å². The first kappa shape index (κ1) is 17.4. The van der Waals surface area contributed by atoms with Crippen LogP contribution < -0.4 is 5.32 Å². The van der Waals surface area contributed by atoms with E-state index in [0.29, 0.717) is 18.6 Å². The van der Waals surface area contributed by atoms with Gasteiger partial charge in [-0.1, -0.05) is 6.92 Å². The predicted molar refractivity (Wildman–Crippen MR) is 81.8 cm³/mol. The van der Waals surface area contributed by atoms with Crippen molar-refractivity contribution in [1.82, 2.24) is 15.1 Å². The van der Waals surface area contributed by atoms with Gasteiger partial charge in [0, 0.05) is 25.7 Å². The first-order valence-electron chi connectivity index (χ1n) is 7.59. The molecule has 1 heterocycles. The van der Waals surface area contributed by atoms with Gasteiger partial charge >= 0.3 is 5.97 Å². The number of carbonyl (C=O) groups is 1. The number of carbonyl (C=O) groups excluding carboxylic acids is 1. The first-order valence-corrected chi connectivity index (χ1v) is 7.59. The third-order valence-electron chi connectivity index (χ3n) is 4.52. The van der Waals surface area contributed by atoms with Crippen LogP contribution in [0.15, 0.2) is 0 Å². The molecule has 0 aromatic rings. The van der Waals surface area contributed by atoms with Crippen LogP contribution in [-0.4, -0.2) is 74.7 Å². The zero-order valence-corrected chi connectivity index (χ0v) is 13.9. The van der Waals surface area contributed by atoms with Crippen molar-refractivity contribution in [2.24, 2.45) is 5.92 Å². The van der Waals surface area contributed by atoms with Crippen LogP contribution in [0, 0.1) is 5.92 Å². The lowest BCUT2D eigenvalue weighted by atomic mass is 9.98. The summed E-state index contributed by atoms with van der Waals surface area (Å²) in [7, 11) is 6.11. The highest BCUT2D eigenvalue weighted by atomic mass is 16.5. The molecule has 0 amide bonds. The van der Waals surface area contributed by atoms with Crippen molar-refractivity contribution >= 4 is 5.97 Å². The van der Waals surface area contributed by atoms with Crippen molar-refractivity contribution < 1.29 is 9.53 Å². The number of likely N-dealkylation sites (N-methyl/N-ethyl adjacent to an activating group) is 2. The summed E-state index contributed by atoms with van der Waals surface area (Å²) in [5.74, 6) is 0.521. The third kappa shape index (κ3) is 4.17. The van der Waals surface area contributed by atoms with Crippen LogP contribution in [-0.2, 0) is 9.53 Å². The molecule has 3 atom stereocenters. The maximum Gasteiger partial charge on any atom is 0.326 e. The number of likely N-dealkylation sites (tertiary alicyclic amines) is 1. The Labute approximate surface area is 123 Å². The Hall–Kier alpha value is -0.650. The molecule has 1 saturated heterocycles. The van der Waals surface area contributed by atoms with Gasteiger partial charge in [-0.25, -0.2) is 0 Å². The van der Waals surface area contributed by atoms with Gasteiger partial charge in [-0.15, -0.1) is 0 Å². The fraction of sp³-hybridized carbons (Fsp3) is 0.933. The summed E-state index contributed by atoms with van der Waals surface area (Å²) in [6.45, 7) is 9.60.